The maximum absolute atomic E-state index is 4.04. The molecule has 0 aromatic carbocycles. The molecule has 0 amide bonds. The number of hydrogen-bond acceptors (Lipinski definition) is 0. The molecule has 0 heterocycles. The summed E-state index contributed by atoms with van der Waals surface area (Å²) >= 11 is 0. The van der Waals surface area contributed by atoms with Gasteiger partial charge < -0.3 is 0 Å². The highest BCUT2D eigenvalue weighted by atomic mass is 14.3. The Morgan fingerprint density at radius 2 is 1.85 bits per heavy atom. The average molecular weight is 180 g/mol. The first-order valence-electron chi connectivity index (χ1n) is 5.75. The van der Waals surface area contributed by atoms with E-state index in [0.29, 0.717) is 0 Å². The second-order valence-electron chi connectivity index (χ2n) is 5.11. The van der Waals surface area contributed by atoms with E-state index in [1.54, 1.807) is 0 Å². The smallest absolute Gasteiger partial charge is 0.0234 e. The molecule has 0 heteroatoms. The topological polar surface area (TPSA) is 0 Å². The third-order valence-electron chi connectivity index (χ3n) is 3.66. The van der Waals surface area contributed by atoms with Gasteiger partial charge in [-0.1, -0.05) is 51.7 Å². The van der Waals surface area contributed by atoms with Crippen LogP contribution in [0.3, 0.4) is 0 Å². The van der Waals surface area contributed by atoms with Gasteiger partial charge in [-0.2, -0.15) is 0 Å². The maximum Gasteiger partial charge on any atom is -0.0234 e. The minimum atomic E-state index is 0.735. The zero-order valence-corrected chi connectivity index (χ0v) is 9.47. The van der Waals surface area contributed by atoms with E-state index in [2.05, 4.69) is 27.4 Å². The van der Waals surface area contributed by atoms with Crippen molar-refractivity contribution in [2.45, 2.75) is 52.9 Å². The fourth-order valence-electron chi connectivity index (χ4n) is 2.27. The monoisotopic (exact) mass is 180 g/mol. The highest BCUT2D eigenvalue weighted by Crippen LogP contribution is 2.33. The number of hydrogen-bond donors (Lipinski definition) is 0. The molecule has 1 aliphatic rings. The van der Waals surface area contributed by atoms with Crippen LogP contribution in [0.15, 0.2) is 12.2 Å². The molecule has 0 nitrogen and oxygen atoms in total. The van der Waals surface area contributed by atoms with Crippen LogP contribution < -0.4 is 0 Å². The van der Waals surface area contributed by atoms with E-state index in [4.69, 9.17) is 0 Å². The summed E-state index contributed by atoms with van der Waals surface area (Å²) < 4.78 is 0. The van der Waals surface area contributed by atoms with E-state index in [9.17, 15) is 0 Å². The van der Waals surface area contributed by atoms with E-state index >= 15 is 0 Å². The minimum Gasteiger partial charge on any atom is -0.0999 e. The molecule has 1 unspecified atom stereocenters. The lowest BCUT2D eigenvalue weighted by Crippen LogP contribution is -2.15. The lowest BCUT2D eigenvalue weighted by atomic mass is 9.78. The van der Waals surface area contributed by atoms with E-state index in [1.807, 2.05) is 0 Å². The van der Waals surface area contributed by atoms with Gasteiger partial charge in [0.25, 0.3) is 0 Å². The van der Waals surface area contributed by atoms with Crippen LogP contribution in [0.1, 0.15) is 52.9 Å². The fraction of sp³-hybridized carbons (Fsp3) is 0.846. The Bertz CT molecular complexity index is 161. The Hall–Kier alpha value is -0.260. The molecule has 1 atom stereocenters. The zero-order valence-electron chi connectivity index (χ0n) is 9.47. The first kappa shape index (κ1) is 10.8. The zero-order chi connectivity index (χ0) is 9.84. The summed E-state index contributed by atoms with van der Waals surface area (Å²) in [5.41, 5.74) is 1.36. The SMILES string of the molecule is C=C(C)C(C)CC1CCC(C)CC1. The molecule has 1 saturated carbocycles. The van der Waals surface area contributed by atoms with Gasteiger partial charge in [0, 0.05) is 0 Å². The minimum absolute atomic E-state index is 0.735. The van der Waals surface area contributed by atoms with E-state index < -0.39 is 0 Å². The molecular weight excluding hydrogens is 156 g/mol. The first-order chi connectivity index (χ1) is 6.09. The summed E-state index contributed by atoms with van der Waals surface area (Å²) in [5.74, 6) is 2.71. The lowest BCUT2D eigenvalue weighted by Gasteiger charge is -2.28. The molecule has 0 saturated heterocycles. The van der Waals surface area contributed by atoms with Crippen molar-refractivity contribution in [3.63, 3.8) is 0 Å². The van der Waals surface area contributed by atoms with Crippen molar-refractivity contribution in [3.05, 3.63) is 12.2 Å². The lowest BCUT2D eigenvalue weighted by molar-refractivity contribution is 0.260. The molecular formula is C13H24. The molecule has 0 aromatic rings. The molecule has 0 aliphatic heterocycles. The van der Waals surface area contributed by atoms with Gasteiger partial charge in [0.05, 0.1) is 0 Å². The summed E-state index contributed by atoms with van der Waals surface area (Å²) in [7, 11) is 0. The fourth-order valence-corrected chi connectivity index (χ4v) is 2.27. The van der Waals surface area contributed by atoms with Crippen LogP contribution in [0.5, 0.6) is 0 Å². The molecule has 1 rings (SSSR count). The van der Waals surface area contributed by atoms with Gasteiger partial charge in [0.15, 0.2) is 0 Å². The van der Waals surface area contributed by atoms with Crippen LogP contribution in [0, 0.1) is 17.8 Å². The third kappa shape index (κ3) is 3.54. The summed E-state index contributed by atoms with van der Waals surface area (Å²) in [6.45, 7) is 10.9. The molecule has 13 heavy (non-hydrogen) atoms. The number of rotatable bonds is 3. The van der Waals surface area contributed by atoms with Gasteiger partial charge in [0.2, 0.25) is 0 Å². The largest absolute Gasteiger partial charge is 0.0999 e. The van der Waals surface area contributed by atoms with Crippen molar-refractivity contribution < 1.29 is 0 Å². The Kier molecular flexibility index (Phi) is 4.02. The Morgan fingerprint density at radius 3 is 2.31 bits per heavy atom. The standard InChI is InChI=1S/C13H24/c1-10(2)12(4)9-13-7-5-11(3)6-8-13/h11-13H,1,5-9H2,2-4H3. The van der Waals surface area contributed by atoms with Gasteiger partial charge in [0.1, 0.15) is 0 Å². The molecule has 0 spiro atoms. The molecule has 1 fully saturated rings. The van der Waals surface area contributed by atoms with Gasteiger partial charge in [-0.15, -0.1) is 0 Å². The van der Waals surface area contributed by atoms with Crippen molar-refractivity contribution >= 4 is 0 Å². The Balaban J connectivity index is 2.26. The van der Waals surface area contributed by atoms with Crippen LogP contribution >= 0.6 is 0 Å². The summed E-state index contributed by atoms with van der Waals surface area (Å²) in [6, 6.07) is 0. The molecule has 0 radical (unpaired) electrons. The molecule has 0 N–H and O–H groups in total. The van der Waals surface area contributed by atoms with E-state index in [0.717, 1.165) is 17.8 Å². The van der Waals surface area contributed by atoms with Gasteiger partial charge in [-0.25, -0.2) is 0 Å². The summed E-state index contributed by atoms with van der Waals surface area (Å²) in [5, 5.41) is 0. The van der Waals surface area contributed by atoms with Gasteiger partial charge in [-0.3, -0.25) is 0 Å². The van der Waals surface area contributed by atoms with Crippen molar-refractivity contribution in [1.29, 1.82) is 0 Å². The second-order valence-corrected chi connectivity index (χ2v) is 5.11. The quantitative estimate of drug-likeness (QED) is 0.564. The Morgan fingerprint density at radius 1 is 1.31 bits per heavy atom. The highest BCUT2D eigenvalue weighted by Gasteiger charge is 2.19. The van der Waals surface area contributed by atoms with E-state index in [1.165, 1.54) is 37.7 Å². The van der Waals surface area contributed by atoms with Crippen molar-refractivity contribution in [2.24, 2.45) is 17.8 Å². The van der Waals surface area contributed by atoms with Crippen LogP contribution in [-0.2, 0) is 0 Å². The van der Waals surface area contributed by atoms with Crippen molar-refractivity contribution in [1.82, 2.24) is 0 Å². The maximum atomic E-state index is 4.04. The normalized spacial score (nSPS) is 31.3. The van der Waals surface area contributed by atoms with Crippen molar-refractivity contribution in [2.75, 3.05) is 0 Å². The second kappa shape index (κ2) is 4.83. The van der Waals surface area contributed by atoms with E-state index in [-0.39, 0.29) is 0 Å². The summed E-state index contributed by atoms with van der Waals surface area (Å²) in [6.07, 6.45) is 7.20. The molecule has 1 aliphatic carbocycles. The molecule has 76 valence electrons. The average Bonchev–Trinajstić information content (AvgIpc) is 2.08. The molecule has 0 aromatic heterocycles. The van der Waals surface area contributed by atoms with Crippen LogP contribution in [0.4, 0.5) is 0 Å². The predicted molar refractivity (Wildman–Crippen MR) is 59.7 cm³/mol. The van der Waals surface area contributed by atoms with Gasteiger partial charge in [-0.05, 0) is 31.1 Å². The Labute approximate surface area is 83.4 Å². The van der Waals surface area contributed by atoms with Gasteiger partial charge >= 0.3 is 0 Å². The van der Waals surface area contributed by atoms with Crippen LogP contribution in [0.2, 0.25) is 0 Å². The van der Waals surface area contributed by atoms with Crippen LogP contribution in [0.25, 0.3) is 0 Å². The third-order valence-corrected chi connectivity index (χ3v) is 3.66. The van der Waals surface area contributed by atoms with Crippen LogP contribution in [-0.4, -0.2) is 0 Å². The summed E-state index contributed by atoms with van der Waals surface area (Å²) in [4.78, 5) is 0. The highest BCUT2D eigenvalue weighted by molar-refractivity contribution is 4.94. The van der Waals surface area contributed by atoms with Crippen molar-refractivity contribution in [3.8, 4) is 0 Å². The number of allylic oxidation sites excluding steroid dienone is 1. The first-order valence-corrected chi connectivity index (χ1v) is 5.75. The predicted octanol–water partition coefficient (Wildman–Crippen LogP) is 4.42. The molecule has 0 bridgehead atoms.